The molecule has 0 saturated carbocycles. The maximum atomic E-state index is 6.16. The number of rotatable bonds is 5. The molecule has 4 heteroatoms. The van der Waals surface area contributed by atoms with Crippen molar-refractivity contribution in [1.82, 2.24) is 10.3 Å². The van der Waals surface area contributed by atoms with E-state index in [4.69, 9.17) is 11.6 Å². The molecule has 1 aromatic carbocycles. The third-order valence-corrected chi connectivity index (χ3v) is 4.06. The number of halogens is 1. The molecule has 1 aromatic heterocycles. The molecule has 0 saturated heterocycles. The average molecular weight is 281 g/mol. The predicted molar refractivity (Wildman–Crippen MR) is 78.5 cm³/mol. The van der Waals surface area contributed by atoms with E-state index in [0.29, 0.717) is 6.04 Å². The van der Waals surface area contributed by atoms with Crippen molar-refractivity contribution in [2.75, 3.05) is 6.54 Å². The molecule has 0 bridgehead atoms. The molecule has 1 unspecified atom stereocenters. The Morgan fingerprint density at radius 3 is 2.89 bits per heavy atom. The highest BCUT2D eigenvalue weighted by atomic mass is 35.5. The van der Waals surface area contributed by atoms with Crippen LogP contribution in [-0.4, -0.2) is 11.5 Å². The van der Waals surface area contributed by atoms with Crippen molar-refractivity contribution in [3.05, 3.63) is 50.9 Å². The van der Waals surface area contributed by atoms with Crippen LogP contribution in [-0.2, 0) is 6.42 Å². The highest BCUT2D eigenvalue weighted by Gasteiger charge is 2.10. The topological polar surface area (TPSA) is 24.9 Å². The summed E-state index contributed by atoms with van der Waals surface area (Å²) in [7, 11) is 0. The van der Waals surface area contributed by atoms with Gasteiger partial charge in [-0.3, -0.25) is 0 Å². The minimum Gasteiger partial charge on any atom is -0.309 e. The first-order valence-corrected chi connectivity index (χ1v) is 7.37. The summed E-state index contributed by atoms with van der Waals surface area (Å²) >= 11 is 7.86. The number of hydrogen-bond donors (Lipinski definition) is 1. The second-order valence-electron chi connectivity index (χ2n) is 4.21. The fourth-order valence-electron chi connectivity index (χ4n) is 1.82. The first-order valence-electron chi connectivity index (χ1n) is 6.11. The Hall–Kier alpha value is -0.900. The monoisotopic (exact) mass is 280 g/mol. The summed E-state index contributed by atoms with van der Waals surface area (Å²) in [5, 5.41) is 7.42. The SMILES string of the molecule is CCNC(C)c1csc(Cc2ccccc2Cl)n1. The molecule has 0 spiro atoms. The quantitative estimate of drug-likeness (QED) is 0.893. The Morgan fingerprint density at radius 2 is 2.17 bits per heavy atom. The molecule has 1 N–H and O–H groups in total. The number of thiazole rings is 1. The van der Waals surface area contributed by atoms with Crippen molar-refractivity contribution in [1.29, 1.82) is 0 Å². The molecule has 18 heavy (non-hydrogen) atoms. The van der Waals surface area contributed by atoms with E-state index in [0.717, 1.165) is 34.3 Å². The second kappa shape index (κ2) is 6.32. The Kier molecular flexibility index (Phi) is 4.75. The fourth-order valence-corrected chi connectivity index (χ4v) is 2.93. The van der Waals surface area contributed by atoms with Crippen LogP contribution in [0, 0.1) is 0 Å². The predicted octanol–water partition coefficient (Wildman–Crippen LogP) is 4.06. The molecule has 1 atom stereocenters. The summed E-state index contributed by atoms with van der Waals surface area (Å²) in [6, 6.07) is 8.25. The van der Waals surface area contributed by atoms with Gasteiger partial charge in [0.05, 0.1) is 10.7 Å². The minimum absolute atomic E-state index is 0.311. The van der Waals surface area contributed by atoms with Crippen molar-refractivity contribution >= 4 is 22.9 Å². The van der Waals surface area contributed by atoms with Gasteiger partial charge in [0.2, 0.25) is 0 Å². The third-order valence-electron chi connectivity index (χ3n) is 2.82. The molecular formula is C14H17ClN2S. The van der Waals surface area contributed by atoms with Gasteiger partial charge in [-0.1, -0.05) is 36.7 Å². The van der Waals surface area contributed by atoms with Crippen molar-refractivity contribution < 1.29 is 0 Å². The van der Waals surface area contributed by atoms with Crippen LogP contribution in [0.1, 0.15) is 36.2 Å². The number of nitrogens with one attached hydrogen (secondary N) is 1. The molecule has 0 amide bonds. The van der Waals surface area contributed by atoms with Gasteiger partial charge < -0.3 is 5.32 Å². The first kappa shape index (κ1) is 13.5. The van der Waals surface area contributed by atoms with Crippen LogP contribution >= 0.6 is 22.9 Å². The lowest BCUT2D eigenvalue weighted by atomic mass is 10.1. The molecule has 0 aliphatic carbocycles. The Bertz CT molecular complexity index is 510. The Labute approximate surface area is 117 Å². The summed E-state index contributed by atoms with van der Waals surface area (Å²) in [6.45, 7) is 5.20. The van der Waals surface area contributed by atoms with Gasteiger partial charge in [0.25, 0.3) is 0 Å². The zero-order valence-electron chi connectivity index (χ0n) is 10.6. The van der Waals surface area contributed by atoms with Crippen LogP contribution in [0.25, 0.3) is 0 Å². The Morgan fingerprint density at radius 1 is 1.39 bits per heavy atom. The Balaban J connectivity index is 2.09. The highest BCUT2D eigenvalue weighted by Crippen LogP contribution is 2.22. The van der Waals surface area contributed by atoms with Crippen molar-refractivity contribution in [3.8, 4) is 0 Å². The fraction of sp³-hybridized carbons (Fsp3) is 0.357. The van der Waals surface area contributed by atoms with E-state index in [2.05, 4.69) is 35.6 Å². The lowest BCUT2D eigenvalue weighted by Crippen LogP contribution is -2.17. The van der Waals surface area contributed by atoms with E-state index >= 15 is 0 Å². The maximum Gasteiger partial charge on any atom is 0.0973 e. The van der Waals surface area contributed by atoms with Crippen molar-refractivity contribution in [2.45, 2.75) is 26.3 Å². The van der Waals surface area contributed by atoms with Crippen LogP contribution in [0.4, 0.5) is 0 Å². The average Bonchev–Trinajstić information content (AvgIpc) is 2.81. The van der Waals surface area contributed by atoms with Crippen LogP contribution in [0.15, 0.2) is 29.6 Å². The van der Waals surface area contributed by atoms with Crippen LogP contribution in [0.3, 0.4) is 0 Å². The second-order valence-corrected chi connectivity index (χ2v) is 5.56. The lowest BCUT2D eigenvalue weighted by Gasteiger charge is -2.08. The molecular weight excluding hydrogens is 264 g/mol. The van der Waals surface area contributed by atoms with Crippen LogP contribution in [0.5, 0.6) is 0 Å². The summed E-state index contributed by atoms with van der Waals surface area (Å²) in [4.78, 5) is 4.66. The van der Waals surface area contributed by atoms with Gasteiger partial charge in [-0.15, -0.1) is 11.3 Å². The van der Waals surface area contributed by atoms with E-state index in [1.54, 1.807) is 11.3 Å². The number of hydrogen-bond acceptors (Lipinski definition) is 3. The molecule has 96 valence electrons. The van der Waals surface area contributed by atoms with Crippen molar-refractivity contribution in [2.24, 2.45) is 0 Å². The summed E-state index contributed by atoms with van der Waals surface area (Å²) < 4.78 is 0. The van der Waals surface area contributed by atoms with E-state index in [9.17, 15) is 0 Å². The largest absolute Gasteiger partial charge is 0.309 e. The molecule has 0 radical (unpaired) electrons. The van der Waals surface area contributed by atoms with Gasteiger partial charge >= 0.3 is 0 Å². The van der Waals surface area contributed by atoms with Crippen molar-refractivity contribution in [3.63, 3.8) is 0 Å². The molecule has 0 aliphatic rings. The molecule has 0 fully saturated rings. The maximum absolute atomic E-state index is 6.16. The molecule has 2 nitrogen and oxygen atoms in total. The van der Waals surface area contributed by atoms with E-state index < -0.39 is 0 Å². The molecule has 1 heterocycles. The zero-order valence-corrected chi connectivity index (χ0v) is 12.2. The van der Waals surface area contributed by atoms with Crippen LogP contribution < -0.4 is 5.32 Å². The van der Waals surface area contributed by atoms with E-state index in [1.807, 2.05) is 18.2 Å². The smallest absolute Gasteiger partial charge is 0.0973 e. The summed E-state index contributed by atoms with van der Waals surface area (Å²) in [5.74, 6) is 0. The minimum atomic E-state index is 0.311. The standard InChI is InChI=1S/C14H17ClN2S/c1-3-16-10(2)13-9-18-14(17-13)8-11-6-4-5-7-12(11)15/h4-7,9-10,16H,3,8H2,1-2H3. The normalized spacial score (nSPS) is 12.6. The highest BCUT2D eigenvalue weighted by molar-refractivity contribution is 7.09. The zero-order chi connectivity index (χ0) is 13.0. The van der Waals surface area contributed by atoms with Gasteiger partial charge in [0.15, 0.2) is 0 Å². The number of aromatic nitrogens is 1. The molecule has 0 aliphatic heterocycles. The van der Waals surface area contributed by atoms with E-state index in [-0.39, 0.29) is 0 Å². The molecule has 2 rings (SSSR count). The number of benzene rings is 1. The van der Waals surface area contributed by atoms with E-state index in [1.165, 1.54) is 0 Å². The van der Waals surface area contributed by atoms with Gasteiger partial charge in [-0.2, -0.15) is 0 Å². The van der Waals surface area contributed by atoms with Gasteiger partial charge in [0, 0.05) is 22.9 Å². The summed E-state index contributed by atoms with van der Waals surface area (Å²) in [6.07, 6.45) is 0.809. The molecule has 2 aromatic rings. The van der Waals surface area contributed by atoms with Gasteiger partial charge in [0.1, 0.15) is 0 Å². The third kappa shape index (κ3) is 3.31. The van der Waals surface area contributed by atoms with Gasteiger partial charge in [-0.25, -0.2) is 4.98 Å². The first-order chi connectivity index (χ1) is 8.70. The van der Waals surface area contributed by atoms with Crippen LogP contribution in [0.2, 0.25) is 5.02 Å². The number of nitrogens with zero attached hydrogens (tertiary/aromatic N) is 1. The van der Waals surface area contributed by atoms with Gasteiger partial charge in [-0.05, 0) is 25.1 Å². The summed E-state index contributed by atoms with van der Waals surface area (Å²) in [5.41, 5.74) is 2.25. The lowest BCUT2D eigenvalue weighted by molar-refractivity contribution is 0.585.